The first-order valence-corrected chi connectivity index (χ1v) is 8.26. The predicted molar refractivity (Wildman–Crippen MR) is 92.0 cm³/mol. The molecule has 0 radical (unpaired) electrons. The summed E-state index contributed by atoms with van der Waals surface area (Å²) in [7, 11) is 0. The summed E-state index contributed by atoms with van der Waals surface area (Å²) < 4.78 is 8.34. The largest absolute Gasteiger partial charge is 0.486 e. The minimum Gasteiger partial charge on any atom is -0.486 e. The molecule has 0 aromatic heterocycles. The molecular formula is C14H18Br3NO. The van der Waals surface area contributed by atoms with E-state index in [9.17, 15) is 0 Å². The zero-order chi connectivity index (χ0) is 14.6. The van der Waals surface area contributed by atoms with E-state index in [1.165, 1.54) is 5.56 Å². The van der Waals surface area contributed by atoms with Gasteiger partial charge in [-0.05, 0) is 70.3 Å². The van der Waals surface area contributed by atoms with Crippen LogP contribution in [0.2, 0.25) is 0 Å². The fourth-order valence-electron chi connectivity index (χ4n) is 1.37. The van der Waals surface area contributed by atoms with Gasteiger partial charge < -0.3 is 10.1 Å². The van der Waals surface area contributed by atoms with E-state index in [1.807, 2.05) is 0 Å². The Morgan fingerprint density at radius 2 is 1.79 bits per heavy atom. The number of benzene rings is 1. The third kappa shape index (κ3) is 6.43. The van der Waals surface area contributed by atoms with Gasteiger partial charge in [-0.3, -0.25) is 0 Å². The van der Waals surface area contributed by atoms with Crippen LogP contribution in [0.1, 0.15) is 26.3 Å². The molecule has 0 saturated carbocycles. The lowest BCUT2D eigenvalue weighted by atomic mass is 10.1. The van der Waals surface area contributed by atoms with Crippen molar-refractivity contribution in [2.24, 2.45) is 0 Å². The monoisotopic (exact) mass is 453 g/mol. The van der Waals surface area contributed by atoms with Crippen molar-refractivity contribution in [3.63, 3.8) is 0 Å². The van der Waals surface area contributed by atoms with Gasteiger partial charge in [0.25, 0.3) is 0 Å². The minimum atomic E-state index is 0.0990. The molecule has 0 aliphatic heterocycles. The molecule has 0 unspecified atom stereocenters. The van der Waals surface area contributed by atoms with Crippen molar-refractivity contribution in [3.8, 4) is 5.75 Å². The molecule has 0 fully saturated rings. The molecule has 5 heteroatoms. The lowest BCUT2D eigenvalue weighted by Crippen LogP contribution is -2.35. The molecule has 2 nitrogen and oxygen atoms in total. The molecule has 1 aromatic carbocycles. The molecule has 1 aromatic rings. The van der Waals surface area contributed by atoms with E-state index in [1.54, 1.807) is 0 Å². The Bertz CT molecular complexity index is 443. The maximum atomic E-state index is 5.67. The number of rotatable bonds is 5. The highest BCUT2D eigenvalue weighted by Gasteiger charge is 2.12. The summed E-state index contributed by atoms with van der Waals surface area (Å²) in [6.07, 6.45) is 0. The van der Waals surface area contributed by atoms with Gasteiger partial charge in [-0.1, -0.05) is 22.5 Å². The van der Waals surface area contributed by atoms with E-state index in [0.29, 0.717) is 6.61 Å². The Labute approximate surface area is 140 Å². The van der Waals surface area contributed by atoms with Gasteiger partial charge in [0.2, 0.25) is 0 Å². The normalized spacial score (nSPS) is 11.5. The number of hydrogen-bond acceptors (Lipinski definition) is 2. The molecule has 0 bridgehead atoms. The molecule has 1 rings (SSSR count). The zero-order valence-corrected chi connectivity index (χ0v) is 16.1. The summed E-state index contributed by atoms with van der Waals surface area (Å²) in [6.45, 7) is 11.5. The minimum absolute atomic E-state index is 0.0990. The quantitative estimate of drug-likeness (QED) is 0.643. The Morgan fingerprint density at radius 3 is 2.21 bits per heavy atom. The summed E-state index contributed by atoms with van der Waals surface area (Å²) in [5, 5.41) is 3.46. The van der Waals surface area contributed by atoms with Gasteiger partial charge in [0.1, 0.15) is 12.4 Å². The Balaban J connectivity index is 2.81. The molecule has 0 aliphatic rings. The summed E-state index contributed by atoms with van der Waals surface area (Å²) in [5.74, 6) is 0.792. The SMILES string of the molecule is C=C(Br)COc1c(Br)cc(CNC(C)(C)C)cc1Br. The second kappa shape index (κ2) is 7.25. The lowest BCUT2D eigenvalue weighted by Gasteiger charge is -2.21. The molecule has 0 saturated heterocycles. The van der Waals surface area contributed by atoms with Crippen molar-refractivity contribution in [1.29, 1.82) is 0 Å². The van der Waals surface area contributed by atoms with E-state index in [2.05, 4.69) is 92.6 Å². The number of halogens is 3. The molecule has 0 aliphatic carbocycles. The number of hydrogen-bond donors (Lipinski definition) is 1. The predicted octanol–water partition coefficient (Wildman–Crippen LogP) is 5.39. The summed E-state index contributed by atoms with van der Waals surface area (Å²) in [4.78, 5) is 0. The first kappa shape index (κ1) is 17.2. The van der Waals surface area contributed by atoms with E-state index in [4.69, 9.17) is 4.74 Å². The molecule has 19 heavy (non-hydrogen) atoms. The van der Waals surface area contributed by atoms with Gasteiger partial charge in [-0.15, -0.1) is 0 Å². The van der Waals surface area contributed by atoms with E-state index in [0.717, 1.165) is 25.7 Å². The Hall–Kier alpha value is 0.160. The standard InChI is InChI=1S/C14H18Br3NO/c1-9(15)8-19-13-11(16)5-10(6-12(13)17)7-18-14(2,3)4/h5-6,18H,1,7-8H2,2-4H3. The molecule has 1 N–H and O–H groups in total. The maximum Gasteiger partial charge on any atom is 0.148 e. The van der Waals surface area contributed by atoms with Gasteiger partial charge in [0.15, 0.2) is 0 Å². The van der Waals surface area contributed by atoms with Gasteiger partial charge in [0.05, 0.1) is 8.95 Å². The summed E-state index contributed by atoms with van der Waals surface area (Å²) in [6, 6.07) is 4.13. The number of nitrogens with one attached hydrogen (secondary N) is 1. The Morgan fingerprint density at radius 1 is 1.26 bits per heavy atom. The highest BCUT2D eigenvalue weighted by atomic mass is 79.9. The summed E-state index contributed by atoms with van der Waals surface area (Å²) >= 11 is 10.4. The topological polar surface area (TPSA) is 21.3 Å². The van der Waals surface area contributed by atoms with Gasteiger partial charge >= 0.3 is 0 Å². The van der Waals surface area contributed by atoms with Crippen LogP contribution in [0.3, 0.4) is 0 Å². The van der Waals surface area contributed by atoms with Crippen LogP contribution in [0, 0.1) is 0 Å². The van der Waals surface area contributed by atoms with Crippen molar-refractivity contribution >= 4 is 47.8 Å². The molecule has 0 heterocycles. The van der Waals surface area contributed by atoms with Crippen LogP contribution < -0.4 is 10.1 Å². The third-order valence-electron chi connectivity index (χ3n) is 2.25. The van der Waals surface area contributed by atoms with Crippen molar-refractivity contribution in [3.05, 3.63) is 37.7 Å². The second-order valence-electron chi connectivity index (χ2n) is 5.30. The first-order chi connectivity index (χ1) is 8.69. The van der Waals surface area contributed by atoms with Crippen LogP contribution >= 0.6 is 47.8 Å². The average molecular weight is 456 g/mol. The van der Waals surface area contributed by atoms with Crippen LogP contribution in [0.25, 0.3) is 0 Å². The second-order valence-corrected chi connectivity index (χ2v) is 8.13. The van der Waals surface area contributed by atoms with E-state index >= 15 is 0 Å². The number of ether oxygens (including phenoxy) is 1. The zero-order valence-electron chi connectivity index (χ0n) is 11.3. The van der Waals surface area contributed by atoms with Crippen LogP contribution in [0.4, 0.5) is 0 Å². The fraction of sp³-hybridized carbons (Fsp3) is 0.429. The summed E-state index contributed by atoms with van der Waals surface area (Å²) in [5.41, 5.74) is 1.29. The van der Waals surface area contributed by atoms with Crippen LogP contribution in [-0.4, -0.2) is 12.1 Å². The maximum absolute atomic E-state index is 5.67. The van der Waals surface area contributed by atoms with Gasteiger partial charge in [-0.25, -0.2) is 0 Å². The molecule has 0 spiro atoms. The lowest BCUT2D eigenvalue weighted by molar-refractivity contribution is 0.356. The van der Waals surface area contributed by atoms with Crippen LogP contribution in [0.5, 0.6) is 5.75 Å². The Kier molecular flexibility index (Phi) is 6.57. The third-order valence-corrected chi connectivity index (χ3v) is 3.66. The van der Waals surface area contributed by atoms with Crippen LogP contribution in [-0.2, 0) is 6.54 Å². The van der Waals surface area contributed by atoms with Crippen molar-refractivity contribution in [1.82, 2.24) is 5.32 Å². The highest BCUT2D eigenvalue weighted by Crippen LogP contribution is 2.35. The molecular weight excluding hydrogens is 438 g/mol. The van der Waals surface area contributed by atoms with E-state index < -0.39 is 0 Å². The van der Waals surface area contributed by atoms with Crippen LogP contribution in [0.15, 0.2) is 32.1 Å². The van der Waals surface area contributed by atoms with Gasteiger partial charge in [0, 0.05) is 16.6 Å². The molecule has 106 valence electrons. The van der Waals surface area contributed by atoms with Crippen molar-refractivity contribution < 1.29 is 4.74 Å². The van der Waals surface area contributed by atoms with Crippen molar-refractivity contribution in [2.75, 3.05) is 6.61 Å². The smallest absolute Gasteiger partial charge is 0.148 e. The fourth-order valence-corrected chi connectivity index (χ4v) is 2.99. The van der Waals surface area contributed by atoms with E-state index in [-0.39, 0.29) is 5.54 Å². The van der Waals surface area contributed by atoms with Crippen molar-refractivity contribution in [2.45, 2.75) is 32.9 Å². The first-order valence-electron chi connectivity index (χ1n) is 5.88. The molecule has 0 atom stereocenters. The average Bonchev–Trinajstić information content (AvgIpc) is 2.23. The molecule has 0 amide bonds. The highest BCUT2D eigenvalue weighted by molar-refractivity contribution is 9.11. The van der Waals surface area contributed by atoms with Gasteiger partial charge in [-0.2, -0.15) is 0 Å².